The molecule has 0 bridgehead atoms. The molecule has 0 aromatic heterocycles. The van der Waals surface area contributed by atoms with Gasteiger partial charge in [0, 0.05) is 0 Å². The van der Waals surface area contributed by atoms with Gasteiger partial charge in [-0.05, 0) is 6.92 Å². The SMILES string of the molecule is CCOP(=O)(OC(F)C(F)(F)C(F)F)OC(F)C(F)(F)C(F)F. The smallest absolute Gasteiger partial charge is 0.287 e. The molecule has 0 fully saturated rings. The van der Waals surface area contributed by atoms with Gasteiger partial charge >= 0.3 is 32.5 Å². The van der Waals surface area contributed by atoms with Crippen molar-refractivity contribution in [3.8, 4) is 0 Å². The Kier molecular flexibility index (Phi) is 7.79. The van der Waals surface area contributed by atoms with Crippen LogP contribution >= 0.6 is 7.82 Å². The molecule has 0 aromatic carbocycles. The van der Waals surface area contributed by atoms with E-state index in [2.05, 4.69) is 13.6 Å². The molecule has 2 atom stereocenters. The number of hydrogen-bond donors (Lipinski definition) is 0. The van der Waals surface area contributed by atoms with Crippen LogP contribution in [0.4, 0.5) is 43.9 Å². The van der Waals surface area contributed by atoms with Gasteiger partial charge in [0.1, 0.15) is 0 Å². The van der Waals surface area contributed by atoms with Crippen LogP contribution in [0.2, 0.25) is 0 Å². The van der Waals surface area contributed by atoms with Gasteiger partial charge in [-0.1, -0.05) is 0 Å². The molecular formula is C8H9F10O4P. The Morgan fingerprint density at radius 1 is 0.826 bits per heavy atom. The highest BCUT2D eigenvalue weighted by Crippen LogP contribution is 2.55. The van der Waals surface area contributed by atoms with E-state index in [-0.39, 0.29) is 0 Å². The van der Waals surface area contributed by atoms with Gasteiger partial charge in [-0.25, -0.2) is 40.0 Å². The maximum absolute atomic E-state index is 12.9. The second-order valence-electron chi connectivity index (χ2n) is 3.66. The topological polar surface area (TPSA) is 44.8 Å². The van der Waals surface area contributed by atoms with Crippen LogP contribution in [0.3, 0.4) is 0 Å². The summed E-state index contributed by atoms with van der Waals surface area (Å²) in [5.41, 5.74) is 0. The van der Waals surface area contributed by atoms with E-state index in [0.717, 1.165) is 6.92 Å². The highest BCUT2D eigenvalue weighted by Gasteiger charge is 2.57. The average Bonchev–Trinajstić information content (AvgIpc) is 2.37. The van der Waals surface area contributed by atoms with Crippen LogP contribution in [0.5, 0.6) is 0 Å². The van der Waals surface area contributed by atoms with Gasteiger partial charge in [0.25, 0.3) is 12.7 Å². The van der Waals surface area contributed by atoms with E-state index in [1.54, 1.807) is 0 Å². The molecule has 140 valence electrons. The van der Waals surface area contributed by atoms with E-state index >= 15 is 0 Å². The molecule has 0 aliphatic rings. The fourth-order valence-corrected chi connectivity index (χ4v) is 2.03. The van der Waals surface area contributed by atoms with Crippen molar-refractivity contribution in [2.45, 2.75) is 44.3 Å². The minimum atomic E-state index is -5.98. The first-order chi connectivity index (χ1) is 10.2. The predicted octanol–water partition coefficient (Wildman–Crippen LogP) is 4.56. The number of alkyl halides is 10. The molecule has 0 aliphatic heterocycles. The van der Waals surface area contributed by atoms with Crippen LogP contribution in [0.25, 0.3) is 0 Å². The van der Waals surface area contributed by atoms with Crippen LogP contribution in [-0.4, -0.2) is 44.0 Å². The third-order valence-electron chi connectivity index (χ3n) is 1.92. The van der Waals surface area contributed by atoms with Crippen molar-refractivity contribution in [3.63, 3.8) is 0 Å². The molecule has 4 nitrogen and oxygen atoms in total. The summed E-state index contributed by atoms with van der Waals surface area (Å²) < 4.78 is 145. The normalized spacial score (nSPS) is 19.0. The molecule has 0 saturated heterocycles. The van der Waals surface area contributed by atoms with E-state index in [1.807, 2.05) is 0 Å². The van der Waals surface area contributed by atoms with Crippen LogP contribution in [0.1, 0.15) is 6.92 Å². The van der Waals surface area contributed by atoms with Crippen molar-refractivity contribution in [1.82, 2.24) is 0 Å². The number of rotatable bonds is 10. The van der Waals surface area contributed by atoms with E-state index in [4.69, 9.17) is 0 Å². The highest BCUT2D eigenvalue weighted by molar-refractivity contribution is 7.48. The lowest BCUT2D eigenvalue weighted by atomic mass is 10.3. The fraction of sp³-hybridized carbons (Fsp3) is 1.00. The van der Waals surface area contributed by atoms with Crippen molar-refractivity contribution in [3.05, 3.63) is 0 Å². The van der Waals surface area contributed by atoms with E-state index < -0.39 is 51.8 Å². The average molecular weight is 390 g/mol. The first-order valence-corrected chi connectivity index (χ1v) is 6.88. The Bertz CT molecular complexity index is 388. The molecule has 0 aliphatic carbocycles. The molecule has 0 heterocycles. The second kappa shape index (κ2) is 7.99. The Labute approximate surface area is 122 Å². The molecule has 0 radical (unpaired) electrons. The Morgan fingerprint density at radius 2 is 1.13 bits per heavy atom. The number of phosphoric ester groups is 1. The van der Waals surface area contributed by atoms with Gasteiger partial charge in [-0.15, -0.1) is 0 Å². The lowest BCUT2D eigenvalue weighted by Gasteiger charge is -2.26. The molecule has 2 unspecified atom stereocenters. The molecule has 0 amide bonds. The van der Waals surface area contributed by atoms with Crippen LogP contribution in [0.15, 0.2) is 0 Å². The Balaban J connectivity index is 5.25. The minimum absolute atomic E-state index is 0.885. The maximum atomic E-state index is 12.9. The van der Waals surface area contributed by atoms with Gasteiger partial charge < -0.3 is 0 Å². The minimum Gasteiger partial charge on any atom is -0.287 e. The second-order valence-corrected chi connectivity index (χ2v) is 5.23. The fourth-order valence-electron chi connectivity index (χ4n) is 0.809. The largest absolute Gasteiger partial charge is 0.480 e. The summed E-state index contributed by atoms with van der Waals surface area (Å²) in [6.07, 6.45) is -18.2. The summed E-state index contributed by atoms with van der Waals surface area (Å²) >= 11 is 0. The maximum Gasteiger partial charge on any atom is 0.480 e. The summed E-state index contributed by atoms with van der Waals surface area (Å²) in [6, 6.07) is 0. The summed E-state index contributed by atoms with van der Waals surface area (Å²) in [7, 11) is -5.98. The Morgan fingerprint density at radius 3 is 1.35 bits per heavy atom. The van der Waals surface area contributed by atoms with Crippen molar-refractivity contribution < 1.29 is 62.0 Å². The Hall–Kier alpha value is -0.590. The van der Waals surface area contributed by atoms with Crippen LogP contribution in [0, 0.1) is 0 Å². The number of phosphoric acid groups is 1. The summed E-state index contributed by atoms with van der Waals surface area (Å²) in [5.74, 6) is -11.2. The quantitative estimate of drug-likeness (QED) is 0.406. The summed E-state index contributed by atoms with van der Waals surface area (Å²) in [6.45, 7) is -0.0203. The summed E-state index contributed by atoms with van der Waals surface area (Å²) in [4.78, 5) is 0. The lowest BCUT2D eigenvalue weighted by molar-refractivity contribution is -0.243. The van der Waals surface area contributed by atoms with Crippen molar-refractivity contribution in [2.75, 3.05) is 6.61 Å². The third kappa shape index (κ3) is 5.76. The molecule has 0 N–H and O–H groups in total. The van der Waals surface area contributed by atoms with Crippen molar-refractivity contribution in [2.24, 2.45) is 0 Å². The monoisotopic (exact) mass is 390 g/mol. The van der Waals surface area contributed by atoms with E-state index in [1.165, 1.54) is 0 Å². The molecule has 0 rings (SSSR count). The zero-order chi connectivity index (χ0) is 18.6. The van der Waals surface area contributed by atoms with Crippen LogP contribution < -0.4 is 0 Å². The highest BCUT2D eigenvalue weighted by atomic mass is 31.2. The predicted molar refractivity (Wildman–Crippen MR) is 53.1 cm³/mol. The van der Waals surface area contributed by atoms with Gasteiger partial charge in [0.05, 0.1) is 6.61 Å². The first-order valence-electron chi connectivity index (χ1n) is 5.42. The molecule has 0 saturated carbocycles. The van der Waals surface area contributed by atoms with Crippen molar-refractivity contribution in [1.29, 1.82) is 0 Å². The third-order valence-corrected chi connectivity index (χ3v) is 3.38. The van der Waals surface area contributed by atoms with Gasteiger partial charge in [0.2, 0.25) is 0 Å². The number of hydrogen-bond acceptors (Lipinski definition) is 4. The molecular weight excluding hydrogens is 381 g/mol. The molecule has 0 spiro atoms. The van der Waals surface area contributed by atoms with Gasteiger partial charge in [-0.3, -0.25) is 4.52 Å². The standard InChI is InChI=1S/C8H9F10O4P/c1-2-20-23(19,21-5(13)7(15,16)3(9)10)22-6(14)8(17,18)4(11)12/h3-6H,2H2,1H3. The molecule has 0 aromatic rings. The van der Waals surface area contributed by atoms with Gasteiger partial charge in [-0.2, -0.15) is 17.6 Å². The number of halogens is 10. The first kappa shape index (κ1) is 22.4. The van der Waals surface area contributed by atoms with Gasteiger partial charge in [0.15, 0.2) is 0 Å². The van der Waals surface area contributed by atoms with Crippen LogP contribution in [-0.2, 0) is 18.1 Å². The lowest BCUT2D eigenvalue weighted by Crippen LogP contribution is -2.41. The zero-order valence-corrected chi connectivity index (χ0v) is 11.8. The van der Waals surface area contributed by atoms with E-state index in [0.29, 0.717) is 0 Å². The van der Waals surface area contributed by atoms with E-state index in [9.17, 15) is 48.5 Å². The molecule has 15 heteroatoms. The molecule has 23 heavy (non-hydrogen) atoms. The summed E-state index contributed by atoms with van der Waals surface area (Å²) in [5, 5.41) is 0. The zero-order valence-electron chi connectivity index (χ0n) is 10.9. The van der Waals surface area contributed by atoms with Crippen molar-refractivity contribution >= 4 is 7.82 Å².